The highest BCUT2D eigenvalue weighted by molar-refractivity contribution is 8.09. The van der Waals surface area contributed by atoms with E-state index in [0.29, 0.717) is 0 Å². The van der Waals surface area contributed by atoms with Crippen LogP contribution >= 0.6 is 11.8 Å². The van der Waals surface area contributed by atoms with Gasteiger partial charge in [0.05, 0.1) is 24.8 Å². The minimum absolute atomic E-state index is 0.00653. The molecule has 7 heteroatoms. The molecular formula is C21H19N3O3S. The van der Waals surface area contributed by atoms with E-state index in [1.807, 2.05) is 30.3 Å². The monoisotopic (exact) mass is 393 g/mol. The van der Waals surface area contributed by atoms with Crippen molar-refractivity contribution in [1.82, 2.24) is 0 Å². The number of benzene rings is 2. The minimum Gasteiger partial charge on any atom is -0.508 e. The number of anilines is 1. The number of carbonyl (C=O) groups is 1. The highest BCUT2D eigenvalue weighted by Gasteiger charge is 2.34. The highest BCUT2D eigenvalue weighted by atomic mass is 32.2. The number of thioether (sulfide) groups is 1. The van der Waals surface area contributed by atoms with Crippen LogP contribution in [0.5, 0.6) is 5.75 Å². The number of fused-ring (bicyclic) bond motifs is 1. The van der Waals surface area contributed by atoms with Crippen molar-refractivity contribution in [3.05, 3.63) is 65.7 Å². The second kappa shape index (κ2) is 7.90. The third-order valence-corrected chi connectivity index (χ3v) is 5.91. The lowest BCUT2D eigenvalue weighted by molar-refractivity contribution is -0.139. The Labute approximate surface area is 167 Å². The molecule has 0 fully saturated rings. The van der Waals surface area contributed by atoms with E-state index >= 15 is 0 Å². The van der Waals surface area contributed by atoms with Gasteiger partial charge in [-0.1, -0.05) is 30.3 Å². The molecule has 4 rings (SSSR count). The van der Waals surface area contributed by atoms with Gasteiger partial charge in [-0.25, -0.2) is 4.99 Å². The van der Waals surface area contributed by atoms with Crippen molar-refractivity contribution in [2.45, 2.75) is 17.7 Å². The van der Waals surface area contributed by atoms with Crippen LogP contribution in [0, 0.1) is 0 Å². The summed E-state index contributed by atoms with van der Waals surface area (Å²) in [6.07, 6.45) is 3.98. The summed E-state index contributed by atoms with van der Waals surface area (Å²) in [4.78, 5) is 21.4. The maximum absolute atomic E-state index is 11.4. The Balaban J connectivity index is 1.48. The molecule has 0 saturated heterocycles. The van der Waals surface area contributed by atoms with Crippen LogP contribution in [0.4, 0.5) is 5.69 Å². The lowest BCUT2D eigenvalue weighted by atomic mass is 10.1. The summed E-state index contributed by atoms with van der Waals surface area (Å²) in [6, 6.07) is 14.9. The fourth-order valence-electron chi connectivity index (χ4n) is 3.10. The second-order valence-electron chi connectivity index (χ2n) is 6.46. The zero-order chi connectivity index (χ0) is 19.5. The van der Waals surface area contributed by atoms with Crippen molar-refractivity contribution in [1.29, 1.82) is 0 Å². The first-order valence-electron chi connectivity index (χ1n) is 8.82. The normalized spacial score (nSPS) is 20.2. The van der Waals surface area contributed by atoms with Gasteiger partial charge in [-0.15, -0.1) is 11.8 Å². The molecule has 6 nitrogen and oxygen atoms in total. The summed E-state index contributed by atoms with van der Waals surface area (Å²) >= 11 is 1.70. The number of hydrogen-bond donors (Lipinski definition) is 2. The predicted octanol–water partition coefficient (Wildman–Crippen LogP) is 3.49. The summed E-state index contributed by atoms with van der Waals surface area (Å²) in [6.45, 7) is 0. The van der Waals surface area contributed by atoms with Crippen molar-refractivity contribution in [3.8, 4) is 5.75 Å². The first-order valence-corrected chi connectivity index (χ1v) is 9.70. The number of methoxy groups -OCH3 is 1. The van der Waals surface area contributed by atoms with Crippen LogP contribution in [0.2, 0.25) is 0 Å². The van der Waals surface area contributed by atoms with Crippen molar-refractivity contribution in [2.75, 3.05) is 12.4 Å². The van der Waals surface area contributed by atoms with E-state index in [1.54, 1.807) is 36.3 Å². The van der Waals surface area contributed by atoms with E-state index in [4.69, 9.17) is 4.74 Å². The van der Waals surface area contributed by atoms with Crippen molar-refractivity contribution < 1.29 is 14.6 Å². The Morgan fingerprint density at radius 2 is 2.07 bits per heavy atom. The van der Waals surface area contributed by atoms with E-state index in [2.05, 4.69) is 21.4 Å². The Hall–Kier alpha value is -3.06. The highest BCUT2D eigenvalue weighted by Crippen LogP contribution is 2.42. The molecule has 0 saturated carbocycles. The molecule has 2 aliphatic heterocycles. The molecule has 2 aromatic carbocycles. The van der Waals surface area contributed by atoms with Crippen LogP contribution in [-0.4, -0.2) is 41.7 Å². The van der Waals surface area contributed by atoms with Crippen molar-refractivity contribution >= 4 is 40.5 Å². The number of phenols is 1. The molecular weight excluding hydrogens is 374 g/mol. The van der Waals surface area contributed by atoms with E-state index < -0.39 is 0 Å². The average Bonchev–Trinajstić information content (AvgIpc) is 3.14. The maximum atomic E-state index is 11.4. The van der Waals surface area contributed by atoms with Gasteiger partial charge in [-0.3, -0.25) is 9.79 Å². The van der Waals surface area contributed by atoms with Gasteiger partial charge in [-0.2, -0.15) is 0 Å². The van der Waals surface area contributed by atoms with E-state index in [1.165, 1.54) is 7.11 Å². The topological polar surface area (TPSA) is 83.3 Å². The van der Waals surface area contributed by atoms with Gasteiger partial charge >= 0.3 is 5.97 Å². The Morgan fingerprint density at radius 3 is 2.82 bits per heavy atom. The number of aliphatic imine (C=N–C) groups is 2. The maximum Gasteiger partial charge on any atom is 0.309 e. The summed E-state index contributed by atoms with van der Waals surface area (Å²) in [5.74, 6) is 0.766. The van der Waals surface area contributed by atoms with E-state index in [9.17, 15) is 9.90 Å². The number of nitrogens with one attached hydrogen (secondary N) is 1. The molecule has 0 aromatic heterocycles. The van der Waals surface area contributed by atoms with Gasteiger partial charge in [0, 0.05) is 16.7 Å². The Kier molecular flexibility index (Phi) is 5.16. The molecule has 142 valence electrons. The molecule has 0 radical (unpaired) electrons. The average molecular weight is 393 g/mol. The van der Waals surface area contributed by atoms with Gasteiger partial charge in [0.1, 0.15) is 17.9 Å². The number of rotatable bonds is 4. The van der Waals surface area contributed by atoms with E-state index in [0.717, 1.165) is 27.6 Å². The van der Waals surface area contributed by atoms with Crippen LogP contribution in [0.25, 0.3) is 4.91 Å². The number of amidine groups is 1. The molecule has 2 N–H and O–H groups in total. The van der Waals surface area contributed by atoms with Crippen molar-refractivity contribution in [2.24, 2.45) is 9.98 Å². The summed E-state index contributed by atoms with van der Waals surface area (Å²) in [5, 5.41) is 13.0. The molecule has 2 aromatic rings. The predicted molar refractivity (Wildman–Crippen MR) is 113 cm³/mol. The summed E-state index contributed by atoms with van der Waals surface area (Å²) in [5.41, 5.74) is 2.79. The minimum atomic E-state index is -0.249. The van der Waals surface area contributed by atoms with Crippen LogP contribution < -0.4 is 5.32 Å². The second-order valence-corrected chi connectivity index (χ2v) is 7.65. The molecule has 2 heterocycles. The summed E-state index contributed by atoms with van der Waals surface area (Å²) < 4.78 is 4.71. The summed E-state index contributed by atoms with van der Waals surface area (Å²) in [7, 11) is 1.39. The SMILES string of the molecule is COC(=O)Cc1ccc(C2=CC3N=CN=C(Nc4cccc(O)c4)C3S2)cc1. The van der Waals surface area contributed by atoms with Gasteiger partial charge < -0.3 is 15.2 Å². The number of ether oxygens (including phenoxy) is 1. The van der Waals surface area contributed by atoms with Crippen LogP contribution in [0.1, 0.15) is 11.1 Å². The van der Waals surface area contributed by atoms with E-state index in [-0.39, 0.29) is 29.4 Å². The van der Waals surface area contributed by atoms with Gasteiger partial charge in [0.2, 0.25) is 0 Å². The zero-order valence-corrected chi connectivity index (χ0v) is 16.0. The molecule has 0 aliphatic carbocycles. The molecule has 0 spiro atoms. The first-order chi connectivity index (χ1) is 13.6. The smallest absolute Gasteiger partial charge is 0.309 e. The van der Waals surface area contributed by atoms with Crippen LogP contribution in [-0.2, 0) is 16.0 Å². The quantitative estimate of drug-likeness (QED) is 0.777. The molecule has 2 atom stereocenters. The van der Waals surface area contributed by atoms with Crippen LogP contribution in [0.3, 0.4) is 0 Å². The Bertz CT molecular complexity index is 983. The third-order valence-electron chi connectivity index (χ3n) is 4.52. The number of nitrogens with zero attached hydrogens (tertiary/aromatic N) is 2. The molecule has 0 bridgehead atoms. The number of esters is 1. The lowest BCUT2D eigenvalue weighted by Crippen LogP contribution is -2.34. The van der Waals surface area contributed by atoms with Gasteiger partial charge in [0.25, 0.3) is 0 Å². The van der Waals surface area contributed by atoms with Crippen LogP contribution in [0.15, 0.2) is 64.6 Å². The number of phenolic OH excluding ortho intramolecular Hbond substituents is 1. The number of carbonyl (C=O) groups excluding carboxylic acids is 1. The fourth-order valence-corrected chi connectivity index (χ4v) is 4.38. The first kappa shape index (κ1) is 18.3. The zero-order valence-electron chi connectivity index (χ0n) is 15.2. The molecule has 2 unspecified atom stereocenters. The number of aromatic hydroxyl groups is 1. The van der Waals surface area contributed by atoms with Gasteiger partial charge in [-0.05, 0) is 29.3 Å². The fraction of sp³-hybridized carbons (Fsp3) is 0.190. The largest absolute Gasteiger partial charge is 0.508 e. The van der Waals surface area contributed by atoms with Crippen molar-refractivity contribution in [3.63, 3.8) is 0 Å². The lowest BCUT2D eigenvalue weighted by Gasteiger charge is -2.21. The Morgan fingerprint density at radius 1 is 1.25 bits per heavy atom. The molecule has 0 amide bonds. The standard InChI is InChI=1S/C21H19N3O3S/c1-27-19(26)9-13-5-7-14(8-6-13)18-11-17-20(28-18)21(23-12-22-17)24-15-3-2-4-16(25)10-15/h2-8,10-12,17,20,25H,9H2,1H3,(H,22,23,24). The van der Waals surface area contributed by atoms with Gasteiger partial charge in [0.15, 0.2) is 0 Å². The number of hydrogen-bond acceptors (Lipinski definition) is 7. The third kappa shape index (κ3) is 3.94. The molecule has 28 heavy (non-hydrogen) atoms. The molecule has 2 aliphatic rings.